The highest BCUT2D eigenvalue weighted by atomic mass is 35.5. The Balaban J connectivity index is 1.17. The molecule has 1 amide bonds. The number of ether oxygens (including phenoxy) is 8. The number of alkyl carbamates (subject to hydrolysis) is 1. The third-order valence-electron chi connectivity index (χ3n) is 9.16. The Kier molecular flexibility index (Phi) is 13.8. The van der Waals surface area contributed by atoms with Gasteiger partial charge < -0.3 is 37.9 Å². The Bertz CT molecular complexity index is 1880. The number of rotatable bonds is 19. The number of esters is 1. The molecule has 0 bridgehead atoms. The first-order valence-corrected chi connectivity index (χ1v) is 20.9. The predicted octanol–water partition coefficient (Wildman–Crippen LogP) is 5.37. The van der Waals surface area contributed by atoms with E-state index in [2.05, 4.69) is 10.3 Å². The number of halogens is 1. The molecule has 0 aliphatic carbocycles. The van der Waals surface area contributed by atoms with Crippen molar-refractivity contribution in [3.63, 3.8) is 0 Å². The molecule has 55 heavy (non-hydrogen) atoms. The average molecular weight is 824 g/mol. The summed E-state index contributed by atoms with van der Waals surface area (Å²) < 4.78 is 74.2. The molecule has 3 aliphatic rings. The monoisotopic (exact) mass is 823 g/mol. The van der Waals surface area contributed by atoms with Crippen LogP contribution in [-0.2, 0) is 51.5 Å². The Morgan fingerprint density at radius 1 is 1.13 bits per heavy atom. The maximum absolute atomic E-state index is 14.2. The smallest absolute Gasteiger partial charge is 0.410 e. The van der Waals surface area contributed by atoms with Gasteiger partial charge >= 0.3 is 12.1 Å². The largest absolute Gasteiger partial charge is 0.487 e. The van der Waals surface area contributed by atoms with Crippen LogP contribution < -0.4 is 19.5 Å². The first kappa shape index (κ1) is 40.9. The van der Waals surface area contributed by atoms with Crippen molar-refractivity contribution >= 4 is 45.0 Å². The van der Waals surface area contributed by atoms with Crippen LogP contribution >= 0.6 is 22.9 Å². The molecule has 0 radical (unpaired) electrons. The van der Waals surface area contributed by atoms with Crippen molar-refractivity contribution in [2.75, 3.05) is 45.8 Å². The third-order valence-corrected chi connectivity index (χ3v) is 11.9. The van der Waals surface area contributed by atoms with Gasteiger partial charge in [-0.1, -0.05) is 26.0 Å². The number of aryl methyl sites for hydroxylation is 2. The van der Waals surface area contributed by atoms with Crippen molar-refractivity contribution in [3.8, 4) is 17.2 Å². The molecule has 18 heteroatoms. The molecular formula is C37H46ClN3O12S2. The number of carbonyl (C=O) groups excluding carboxylic acids is 2. The fraction of sp³-hybridized carbons (Fsp3) is 0.541. The molecule has 1 aromatic heterocycles. The average Bonchev–Trinajstić information content (AvgIpc) is 3.98. The number of alkyl halides is 1. The second kappa shape index (κ2) is 18.5. The van der Waals surface area contributed by atoms with Crippen LogP contribution in [0.25, 0.3) is 0 Å². The van der Waals surface area contributed by atoms with E-state index in [1.54, 1.807) is 11.3 Å². The Morgan fingerprint density at radius 2 is 1.93 bits per heavy atom. The number of aromatic nitrogens is 1. The minimum absolute atomic E-state index is 0.0107. The predicted molar refractivity (Wildman–Crippen MR) is 199 cm³/mol. The first-order chi connectivity index (χ1) is 26.5. The molecule has 2 saturated heterocycles. The van der Waals surface area contributed by atoms with Gasteiger partial charge in [-0.2, -0.15) is 4.31 Å². The molecule has 4 atom stereocenters. The number of fused-ring (bicyclic) bond motifs is 2. The summed E-state index contributed by atoms with van der Waals surface area (Å²) in [5.41, 5.74) is -0.294. The quantitative estimate of drug-likeness (QED) is 0.0931. The highest BCUT2D eigenvalue weighted by molar-refractivity contribution is 7.89. The van der Waals surface area contributed by atoms with Gasteiger partial charge in [-0.25, -0.2) is 23.0 Å². The molecule has 0 saturated carbocycles. The summed E-state index contributed by atoms with van der Waals surface area (Å²) in [6.45, 7) is 5.75. The highest BCUT2D eigenvalue weighted by Gasteiger charge is 2.47. The molecule has 0 unspecified atom stereocenters. The van der Waals surface area contributed by atoms with Crippen LogP contribution in [0.2, 0.25) is 0 Å². The minimum atomic E-state index is -4.19. The Labute approximate surface area is 329 Å². The van der Waals surface area contributed by atoms with E-state index in [4.69, 9.17) is 49.5 Å². The number of carbonyl (C=O) groups is 2. The van der Waals surface area contributed by atoms with Gasteiger partial charge in [0.2, 0.25) is 22.5 Å². The van der Waals surface area contributed by atoms with Gasteiger partial charge in [-0.15, -0.1) is 22.9 Å². The molecule has 2 aromatic carbocycles. The number of hydrogen-bond donors (Lipinski definition) is 1. The van der Waals surface area contributed by atoms with E-state index >= 15 is 0 Å². The fourth-order valence-corrected chi connectivity index (χ4v) is 8.62. The van der Waals surface area contributed by atoms with Crippen LogP contribution in [0, 0.1) is 18.8 Å². The molecular weight excluding hydrogens is 778 g/mol. The van der Waals surface area contributed by atoms with Crippen LogP contribution in [0.15, 0.2) is 52.7 Å². The Morgan fingerprint density at radius 3 is 2.67 bits per heavy atom. The van der Waals surface area contributed by atoms with Crippen molar-refractivity contribution in [2.45, 2.75) is 76.1 Å². The van der Waals surface area contributed by atoms with Crippen LogP contribution in [0.1, 0.15) is 49.4 Å². The zero-order valence-electron chi connectivity index (χ0n) is 30.9. The normalized spacial score (nSPS) is 20.0. The van der Waals surface area contributed by atoms with E-state index in [1.165, 1.54) is 18.2 Å². The number of nitrogens with one attached hydrogen (secondary N) is 1. The second-order valence-corrected chi connectivity index (χ2v) is 17.1. The molecule has 0 spiro atoms. The molecule has 6 rings (SSSR count). The molecule has 3 aromatic rings. The summed E-state index contributed by atoms with van der Waals surface area (Å²) in [7, 11) is -4.19. The molecule has 300 valence electrons. The van der Waals surface area contributed by atoms with Crippen LogP contribution in [0.4, 0.5) is 4.79 Å². The molecule has 1 N–H and O–H groups in total. The number of benzene rings is 2. The lowest BCUT2D eigenvalue weighted by Crippen LogP contribution is -2.59. The lowest BCUT2D eigenvalue weighted by Gasteiger charge is -2.33. The van der Waals surface area contributed by atoms with Crippen molar-refractivity contribution in [1.29, 1.82) is 0 Å². The summed E-state index contributed by atoms with van der Waals surface area (Å²) >= 11 is 7.60. The lowest BCUT2D eigenvalue weighted by atomic mass is 10.0. The summed E-state index contributed by atoms with van der Waals surface area (Å²) in [5, 5.41) is 5.55. The van der Waals surface area contributed by atoms with Gasteiger partial charge in [0, 0.05) is 30.3 Å². The van der Waals surface area contributed by atoms with E-state index in [-0.39, 0.29) is 61.3 Å². The fourth-order valence-electron chi connectivity index (χ4n) is 6.46. The zero-order chi connectivity index (χ0) is 39.0. The molecule has 4 heterocycles. The van der Waals surface area contributed by atoms with Crippen molar-refractivity contribution in [3.05, 3.63) is 64.1 Å². The minimum Gasteiger partial charge on any atom is -0.487 e. The number of thiazole rings is 1. The number of nitrogens with zero attached hydrogens (tertiary/aromatic N) is 2. The van der Waals surface area contributed by atoms with Crippen molar-refractivity contribution in [1.82, 2.24) is 14.6 Å². The van der Waals surface area contributed by atoms with Crippen molar-refractivity contribution < 1.29 is 55.9 Å². The van der Waals surface area contributed by atoms with Gasteiger partial charge in [0.25, 0.3) is 0 Å². The maximum atomic E-state index is 14.2. The van der Waals surface area contributed by atoms with Crippen LogP contribution in [0.5, 0.6) is 17.2 Å². The highest BCUT2D eigenvalue weighted by Crippen LogP contribution is 2.35. The van der Waals surface area contributed by atoms with Gasteiger partial charge in [-0.3, -0.25) is 5.32 Å². The van der Waals surface area contributed by atoms with E-state index in [1.807, 2.05) is 50.4 Å². The number of hydrogen-bond acceptors (Lipinski definition) is 14. The molecule has 15 nitrogen and oxygen atoms in total. The van der Waals surface area contributed by atoms with Gasteiger partial charge in [0.05, 0.1) is 41.3 Å². The van der Waals surface area contributed by atoms with Gasteiger partial charge in [0.15, 0.2) is 24.5 Å². The van der Waals surface area contributed by atoms with Gasteiger partial charge in [0.1, 0.15) is 18.5 Å². The summed E-state index contributed by atoms with van der Waals surface area (Å²) in [4.78, 5) is 32.1. The summed E-state index contributed by atoms with van der Waals surface area (Å²) in [5.74, 6) is 0.0616. The standard InChI is InChI=1S/C37H46ClN3O12S2/c1-24(2)18-41(55(44,45)29-10-11-31-32(17-29)51-23-50-31)22-49-35(42)37(52-16-14-38,40-36(43)53-33-20-48-34-30(33)12-15-46-34)13-4-5-26-6-8-28(9-7-26)47-19-27-21-54-25(3)39-27/h6-11,17,21,24,30,33-34H,4-5,12-16,18-20,22-23H2,1-3H3,(H,40,43)/t30-,33-,34+,37-/m0/s1. The molecule has 3 aliphatic heterocycles. The summed E-state index contributed by atoms with van der Waals surface area (Å²) in [6.07, 6.45) is -0.597. The van der Waals surface area contributed by atoms with Gasteiger partial charge in [-0.05, 0) is 61.9 Å². The summed E-state index contributed by atoms with van der Waals surface area (Å²) in [6, 6.07) is 11.8. The third kappa shape index (κ3) is 10.4. The molecule has 2 fully saturated rings. The number of amides is 1. The van der Waals surface area contributed by atoms with E-state index in [0.29, 0.717) is 44.0 Å². The van der Waals surface area contributed by atoms with E-state index in [0.717, 1.165) is 20.6 Å². The number of sulfonamides is 1. The van der Waals surface area contributed by atoms with Crippen molar-refractivity contribution in [2.24, 2.45) is 11.8 Å². The van der Waals surface area contributed by atoms with E-state index < -0.39 is 46.9 Å². The second-order valence-electron chi connectivity index (χ2n) is 13.7. The maximum Gasteiger partial charge on any atom is 0.410 e. The Hall–Kier alpha value is -3.71. The van der Waals surface area contributed by atoms with E-state index in [9.17, 15) is 18.0 Å². The SMILES string of the molecule is Cc1nc(COc2ccc(CCC[C@](NC(=O)O[C@H]3CO[C@H]4OCC[C@H]43)(OCCCl)C(=O)OCN(CC(C)C)S(=O)(=O)c3ccc4c(c3)OCO4)cc2)cs1. The lowest BCUT2D eigenvalue weighted by molar-refractivity contribution is -0.181. The zero-order valence-corrected chi connectivity index (χ0v) is 33.3. The van der Waals surface area contributed by atoms with Crippen LogP contribution in [0.3, 0.4) is 0 Å². The topological polar surface area (TPSA) is 170 Å². The van der Waals surface area contributed by atoms with Crippen LogP contribution in [-0.4, -0.2) is 93.7 Å². The first-order valence-electron chi connectivity index (χ1n) is 18.1.